The van der Waals surface area contributed by atoms with Crippen LogP contribution in [0.15, 0.2) is 40.6 Å². The van der Waals surface area contributed by atoms with E-state index in [-0.39, 0.29) is 15.6 Å². The molecule has 0 saturated heterocycles. The van der Waals surface area contributed by atoms with E-state index in [9.17, 15) is 30.4 Å². The lowest BCUT2D eigenvalue weighted by molar-refractivity contribution is -0.173. The smallest absolute Gasteiger partial charge is 0.207 e. The maximum atomic E-state index is 13.5. The summed E-state index contributed by atoms with van der Waals surface area (Å²) in [6.07, 6.45) is -4.93. The summed E-state index contributed by atoms with van der Waals surface area (Å²) in [5.41, 5.74) is -0.425. The van der Waals surface area contributed by atoms with Crippen LogP contribution in [0.2, 0.25) is 0 Å². The highest BCUT2D eigenvalue weighted by atomic mass is 32.2. The van der Waals surface area contributed by atoms with Gasteiger partial charge in [0.15, 0.2) is 5.13 Å². The van der Waals surface area contributed by atoms with E-state index in [1.54, 1.807) is 0 Å². The Morgan fingerprint density at radius 2 is 1.67 bits per heavy atom. The highest BCUT2D eigenvalue weighted by Gasteiger charge is 2.49. The van der Waals surface area contributed by atoms with Crippen molar-refractivity contribution in [3.05, 3.63) is 52.9 Å². The van der Waals surface area contributed by atoms with Gasteiger partial charge in [0.25, 0.3) is 10.0 Å². The van der Waals surface area contributed by atoms with E-state index < -0.39 is 49.5 Å². The summed E-state index contributed by atoms with van der Waals surface area (Å²) in [5.74, 6) is -0.745. The van der Waals surface area contributed by atoms with Crippen molar-refractivity contribution in [2.24, 2.45) is 0 Å². The quantitative estimate of drug-likeness (QED) is 0.718. The second-order valence-electron chi connectivity index (χ2n) is 4.76. The van der Waals surface area contributed by atoms with Crippen molar-refractivity contribution in [3.63, 3.8) is 0 Å². The summed E-state index contributed by atoms with van der Waals surface area (Å²) in [4.78, 5) is 0. The third kappa shape index (κ3) is 3.76. The van der Waals surface area contributed by atoms with Gasteiger partial charge in [-0.3, -0.25) is 0 Å². The average molecular weight is 385 g/mol. The van der Waals surface area contributed by atoms with Crippen molar-refractivity contribution in [1.29, 1.82) is 0 Å². The predicted molar refractivity (Wildman–Crippen MR) is 79.0 cm³/mol. The predicted octanol–water partition coefficient (Wildman–Crippen LogP) is 4.34. The highest BCUT2D eigenvalue weighted by molar-refractivity contribution is 7.91. The minimum Gasteiger partial charge on any atom is -0.207 e. The summed E-state index contributed by atoms with van der Waals surface area (Å²) in [7, 11) is -4.57. The van der Waals surface area contributed by atoms with Crippen LogP contribution in [0.3, 0.4) is 0 Å². The van der Waals surface area contributed by atoms with Gasteiger partial charge in [-0.1, -0.05) is 30.4 Å². The molecule has 132 valence electrons. The van der Waals surface area contributed by atoms with Crippen LogP contribution in [0, 0.1) is 10.9 Å². The van der Waals surface area contributed by atoms with Crippen LogP contribution in [-0.2, 0) is 10.0 Å². The fourth-order valence-corrected chi connectivity index (χ4v) is 4.95. The summed E-state index contributed by atoms with van der Waals surface area (Å²) in [6.45, 7) is 0.743. The molecule has 0 radical (unpaired) electrons. The zero-order valence-electron chi connectivity index (χ0n) is 12.2. The van der Waals surface area contributed by atoms with Crippen LogP contribution in [-0.4, -0.2) is 25.4 Å². The molecule has 0 bridgehead atoms. The van der Waals surface area contributed by atoms with Gasteiger partial charge in [-0.25, -0.2) is 12.8 Å². The molecule has 1 atom stereocenters. The van der Waals surface area contributed by atoms with E-state index in [0.717, 1.165) is 36.4 Å². The Bertz CT molecular complexity index is 799. The maximum absolute atomic E-state index is 13.5. The molecule has 24 heavy (non-hydrogen) atoms. The van der Waals surface area contributed by atoms with E-state index in [4.69, 9.17) is 0 Å². The zero-order valence-corrected chi connectivity index (χ0v) is 13.9. The van der Waals surface area contributed by atoms with Gasteiger partial charge in [0.1, 0.15) is 16.1 Å². The van der Waals surface area contributed by atoms with Gasteiger partial charge in [-0.15, -0.1) is 0 Å². The molecular formula is C14H12F5NO2S2. The van der Waals surface area contributed by atoms with E-state index in [2.05, 4.69) is 0 Å². The molecule has 1 aromatic carbocycles. The summed E-state index contributed by atoms with van der Waals surface area (Å²) in [6, 6.07) is 2.67. The van der Waals surface area contributed by atoms with Crippen molar-refractivity contribution in [3.8, 4) is 0 Å². The number of nitrogens with zero attached hydrogens (tertiary/aromatic N) is 1. The molecule has 0 N–H and O–H groups in total. The lowest BCUT2D eigenvalue weighted by atomic mass is 10.1. The SMILES string of the molecule is CCN(C(c1ccc(F)cc1)C(F)(F)F)S(=O)(=O)c1ccc(F)s1. The molecule has 0 fully saturated rings. The first-order chi connectivity index (χ1) is 11.1. The van der Waals surface area contributed by atoms with E-state index in [1.165, 1.54) is 6.92 Å². The Labute approximate surface area is 139 Å². The van der Waals surface area contributed by atoms with Crippen molar-refractivity contribution in [1.82, 2.24) is 4.31 Å². The van der Waals surface area contributed by atoms with Crippen molar-refractivity contribution in [2.45, 2.75) is 23.4 Å². The van der Waals surface area contributed by atoms with Crippen molar-refractivity contribution < 1.29 is 30.4 Å². The molecule has 0 aliphatic heterocycles. The third-order valence-corrected chi connectivity index (χ3v) is 6.49. The Morgan fingerprint density at radius 1 is 1.08 bits per heavy atom. The maximum Gasteiger partial charge on any atom is 0.409 e. The van der Waals surface area contributed by atoms with E-state index in [1.807, 2.05) is 0 Å². The van der Waals surface area contributed by atoms with Crippen LogP contribution < -0.4 is 0 Å². The van der Waals surface area contributed by atoms with Crippen LogP contribution in [0.4, 0.5) is 22.0 Å². The van der Waals surface area contributed by atoms with Gasteiger partial charge < -0.3 is 0 Å². The van der Waals surface area contributed by atoms with Crippen LogP contribution in [0.1, 0.15) is 18.5 Å². The number of hydrogen-bond acceptors (Lipinski definition) is 3. The van der Waals surface area contributed by atoms with Gasteiger partial charge in [0.2, 0.25) is 0 Å². The molecule has 2 aromatic rings. The van der Waals surface area contributed by atoms with Gasteiger partial charge in [-0.2, -0.15) is 21.9 Å². The Kier molecular flexibility index (Phi) is 5.31. The standard InChI is InChI=1S/C14H12F5NO2S2/c1-2-20(24(21,22)12-8-7-11(16)23-12)13(14(17,18)19)9-3-5-10(15)6-4-9/h3-8,13H,2H2,1H3. The molecular weight excluding hydrogens is 373 g/mol. The molecule has 0 aliphatic carbocycles. The fraction of sp³-hybridized carbons (Fsp3) is 0.286. The largest absolute Gasteiger partial charge is 0.409 e. The average Bonchev–Trinajstić information content (AvgIpc) is 2.92. The number of halogens is 5. The van der Waals surface area contributed by atoms with Crippen LogP contribution >= 0.6 is 11.3 Å². The number of hydrogen-bond donors (Lipinski definition) is 0. The fourth-order valence-electron chi connectivity index (χ4n) is 2.21. The van der Waals surface area contributed by atoms with Crippen molar-refractivity contribution >= 4 is 21.4 Å². The second kappa shape index (κ2) is 6.77. The lowest BCUT2D eigenvalue weighted by Gasteiger charge is -2.31. The second-order valence-corrected chi connectivity index (χ2v) is 7.91. The molecule has 10 heteroatoms. The number of benzene rings is 1. The minimum atomic E-state index is -4.93. The van der Waals surface area contributed by atoms with E-state index >= 15 is 0 Å². The molecule has 0 spiro atoms. The first kappa shape index (κ1) is 18.8. The normalized spacial score (nSPS) is 14.1. The van der Waals surface area contributed by atoms with Crippen molar-refractivity contribution in [2.75, 3.05) is 6.54 Å². The molecule has 1 aromatic heterocycles. The zero-order chi connectivity index (χ0) is 18.1. The third-order valence-electron chi connectivity index (χ3n) is 3.21. The highest BCUT2D eigenvalue weighted by Crippen LogP contribution is 2.41. The van der Waals surface area contributed by atoms with Gasteiger partial charge in [-0.05, 0) is 29.8 Å². The Balaban J connectivity index is 2.56. The first-order valence-corrected chi connectivity index (χ1v) is 8.92. The van der Waals surface area contributed by atoms with Gasteiger partial charge >= 0.3 is 6.18 Å². The Morgan fingerprint density at radius 3 is 2.08 bits per heavy atom. The minimum absolute atomic E-state index is 0.228. The number of sulfonamides is 1. The molecule has 3 nitrogen and oxygen atoms in total. The monoisotopic (exact) mass is 385 g/mol. The number of alkyl halides is 3. The number of thiophene rings is 1. The summed E-state index contributed by atoms with van der Waals surface area (Å²) in [5, 5.41) is -0.824. The molecule has 0 amide bonds. The molecule has 1 heterocycles. The first-order valence-electron chi connectivity index (χ1n) is 6.66. The summed E-state index contributed by atoms with van der Waals surface area (Å²) < 4.78 is 91.3. The topological polar surface area (TPSA) is 37.4 Å². The van der Waals surface area contributed by atoms with Gasteiger partial charge in [0, 0.05) is 6.54 Å². The summed E-state index contributed by atoms with van der Waals surface area (Å²) >= 11 is 0.240. The molecule has 0 aliphatic rings. The number of rotatable bonds is 5. The van der Waals surface area contributed by atoms with Crippen LogP contribution in [0.5, 0.6) is 0 Å². The van der Waals surface area contributed by atoms with Gasteiger partial charge in [0.05, 0.1) is 0 Å². The van der Waals surface area contributed by atoms with E-state index in [0.29, 0.717) is 0 Å². The van der Waals surface area contributed by atoms with Crippen LogP contribution in [0.25, 0.3) is 0 Å². The molecule has 2 rings (SSSR count). The Hall–Kier alpha value is -1.52. The molecule has 0 saturated carbocycles. The lowest BCUT2D eigenvalue weighted by Crippen LogP contribution is -2.42. The molecule has 1 unspecified atom stereocenters.